The Kier molecular flexibility index (Phi) is 4.22. The monoisotopic (exact) mass is 273 g/mol. The van der Waals surface area contributed by atoms with Crippen molar-refractivity contribution in [2.45, 2.75) is 42.4 Å². The highest BCUT2D eigenvalue weighted by atomic mass is 32.2. The molecule has 0 spiro atoms. The highest BCUT2D eigenvalue weighted by Gasteiger charge is 2.26. The predicted molar refractivity (Wildman–Crippen MR) is 70.9 cm³/mol. The van der Waals surface area contributed by atoms with Crippen LogP contribution >= 0.6 is 11.3 Å². The van der Waals surface area contributed by atoms with E-state index in [1.165, 1.54) is 30.6 Å². The lowest BCUT2D eigenvalue weighted by atomic mass is 9.85. The van der Waals surface area contributed by atoms with E-state index in [-0.39, 0.29) is 11.8 Å². The zero-order valence-electron chi connectivity index (χ0n) is 9.84. The first-order valence-corrected chi connectivity index (χ1v) is 8.64. The minimum atomic E-state index is -3.17. The molecule has 3 nitrogen and oxygen atoms in total. The summed E-state index contributed by atoms with van der Waals surface area (Å²) in [6, 6.07) is 3.22. The van der Waals surface area contributed by atoms with Crippen molar-refractivity contribution in [2.24, 2.45) is 11.7 Å². The third kappa shape index (κ3) is 3.30. The molecular formula is C12H19NO2S2. The summed E-state index contributed by atoms with van der Waals surface area (Å²) in [5.41, 5.74) is 6.07. The highest BCUT2D eigenvalue weighted by Crippen LogP contribution is 2.27. The van der Waals surface area contributed by atoms with Gasteiger partial charge in [-0.15, -0.1) is 11.3 Å². The molecule has 0 bridgehead atoms. The average molecular weight is 273 g/mol. The fourth-order valence-corrected chi connectivity index (χ4v) is 5.11. The predicted octanol–water partition coefficient (Wildman–Crippen LogP) is 2.43. The quantitative estimate of drug-likeness (QED) is 0.916. The van der Waals surface area contributed by atoms with Crippen LogP contribution in [0.15, 0.2) is 21.7 Å². The van der Waals surface area contributed by atoms with E-state index in [2.05, 4.69) is 0 Å². The van der Waals surface area contributed by atoms with Gasteiger partial charge in [-0.2, -0.15) is 0 Å². The summed E-state index contributed by atoms with van der Waals surface area (Å²) in [7, 11) is -3.17. The van der Waals surface area contributed by atoms with Gasteiger partial charge >= 0.3 is 0 Å². The maximum Gasteiger partial charge on any atom is 0.189 e. The number of hydrogen-bond acceptors (Lipinski definition) is 4. The third-order valence-corrected chi connectivity index (χ3v) is 6.75. The molecule has 0 aromatic carbocycles. The molecule has 0 radical (unpaired) electrons. The third-order valence-electron chi connectivity index (χ3n) is 3.47. The molecule has 1 atom stereocenters. The van der Waals surface area contributed by atoms with Gasteiger partial charge in [-0.3, -0.25) is 0 Å². The van der Waals surface area contributed by atoms with Crippen LogP contribution in [0, 0.1) is 5.92 Å². The van der Waals surface area contributed by atoms with Crippen molar-refractivity contribution in [1.82, 2.24) is 0 Å². The van der Waals surface area contributed by atoms with Crippen LogP contribution in [0.4, 0.5) is 0 Å². The Morgan fingerprint density at radius 1 is 1.35 bits per heavy atom. The molecule has 0 aliphatic heterocycles. The summed E-state index contributed by atoms with van der Waals surface area (Å²) in [4.78, 5) is 0. The van der Waals surface area contributed by atoms with Gasteiger partial charge in [-0.25, -0.2) is 8.42 Å². The number of nitrogens with two attached hydrogens (primary N) is 1. The zero-order chi connectivity index (χ0) is 12.3. The first kappa shape index (κ1) is 13.1. The Bertz CT molecular complexity index is 433. The van der Waals surface area contributed by atoms with Crippen LogP contribution in [0.3, 0.4) is 0 Å². The summed E-state index contributed by atoms with van der Waals surface area (Å²) in [5.74, 6) is 0.483. The van der Waals surface area contributed by atoms with Gasteiger partial charge in [0, 0.05) is 6.04 Å². The van der Waals surface area contributed by atoms with Gasteiger partial charge in [0.15, 0.2) is 9.84 Å². The SMILES string of the molecule is NC(CS(=O)(=O)c1cccs1)C1CCCCC1. The van der Waals surface area contributed by atoms with E-state index < -0.39 is 9.84 Å². The van der Waals surface area contributed by atoms with Crippen molar-refractivity contribution >= 4 is 21.2 Å². The molecule has 1 saturated carbocycles. The number of sulfone groups is 1. The van der Waals surface area contributed by atoms with Crippen molar-refractivity contribution in [3.8, 4) is 0 Å². The van der Waals surface area contributed by atoms with Crippen LogP contribution in [-0.2, 0) is 9.84 Å². The van der Waals surface area contributed by atoms with Crippen molar-refractivity contribution in [3.63, 3.8) is 0 Å². The Balaban J connectivity index is 2.00. The van der Waals surface area contributed by atoms with Crippen LogP contribution in [0.25, 0.3) is 0 Å². The van der Waals surface area contributed by atoms with Gasteiger partial charge in [0.05, 0.1) is 5.75 Å². The van der Waals surface area contributed by atoms with Crippen molar-refractivity contribution in [2.75, 3.05) is 5.75 Å². The normalized spacial score (nSPS) is 20.3. The molecule has 1 fully saturated rings. The van der Waals surface area contributed by atoms with E-state index >= 15 is 0 Å². The Morgan fingerprint density at radius 2 is 2.06 bits per heavy atom. The first-order valence-electron chi connectivity index (χ1n) is 6.11. The van der Waals surface area contributed by atoms with Crippen LogP contribution < -0.4 is 5.73 Å². The molecule has 1 aliphatic rings. The number of hydrogen-bond donors (Lipinski definition) is 1. The van der Waals surface area contributed by atoms with E-state index in [1.807, 2.05) is 0 Å². The molecule has 1 aromatic heterocycles. The van der Waals surface area contributed by atoms with Crippen LogP contribution in [0.1, 0.15) is 32.1 Å². The molecule has 2 N–H and O–H groups in total. The highest BCUT2D eigenvalue weighted by molar-refractivity contribution is 7.93. The molecule has 0 saturated heterocycles. The average Bonchev–Trinajstić information content (AvgIpc) is 2.84. The molecule has 17 heavy (non-hydrogen) atoms. The molecule has 1 heterocycles. The molecule has 1 aromatic rings. The second-order valence-corrected chi connectivity index (χ2v) is 7.98. The lowest BCUT2D eigenvalue weighted by molar-refractivity contribution is 0.317. The first-order chi connectivity index (χ1) is 8.09. The summed E-state index contributed by atoms with van der Waals surface area (Å²) in [5, 5.41) is 1.79. The summed E-state index contributed by atoms with van der Waals surface area (Å²) in [6.45, 7) is 0. The fourth-order valence-electron chi connectivity index (χ4n) is 2.47. The largest absolute Gasteiger partial charge is 0.327 e. The Hall–Kier alpha value is -0.390. The van der Waals surface area contributed by atoms with Crippen molar-refractivity contribution < 1.29 is 8.42 Å². The number of rotatable bonds is 4. The molecule has 0 amide bonds. The minimum Gasteiger partial charge on any atom is -0.327 e. The second kappa shape index (κ2) is 5.50. The van der Waals surface area contributed by atoms with E-state index in [9.17, 15) is 8.42 Å². The molecule has 1 aliphatic carbocycles. The van der Waals surface area contributed by atoms with E-state index in [0.29, 0.717) is 10.1 Å². The zero-order valence-corrected chi connectivity index (χ0v) is 11.5. The van der Waals surface area contributed by atoms with E-state index in [0.717, 1.165) is 12.8 Å². The Morgan fingerprint density at radius 3 is 2.65 bits per heavy atom. The smallest absolute Gasteiger partial charge is 0.189 e. The second-order valence-electron chi connectivity index (χ2n) is 4.78. The van der Waals surface area contributed by atoms with Gasteiger partial charge in [0.2, 0.25) is 0 Å². The van der Waals surface area contributed by atoms with Crippen LogP contribution in [0.2, 0.25) is 0 Å². The molecule has 96 valence electrons. The molecule has 5 heteroatoms. The number of thiophene rings is 1. The van der Waals surface area contributed by atoms with E-state index in [4.69, 9.17) is 5.73 Å². The maximum absolute atomic E-state index is 12.1. The van der Waals surface area contributed by atoms with Crippen molar-refractivity contribution in [1.29, 1.82) is 0 Å². The van der Waals surface area contributed by atoms with Gasteiger partial charge < -0.3 is 5.73 Å². The van der Waals surface area contributed by atoms with Gasteiger partial charge in [-0.05, 0) is 30.2 Å². The van der Waals surface area contributed by atoms with Gasteiger partial charge in [-0.1, -0.05) is 25.3 Å². The van der Waals surface area contributed by atoms with Gasteiger partial charge in [0.1, 0.15) is 4.21 Å². The van der Waals surface area contributed by atoms with Crippen molar-refractivity contribution in [3.05, 3.63) is 17.5 Å². The standard InChI is InChI=1S/C12H19NO2S2/c13-11(10-5-2-1-3-6-10)9-17(14,15)12-7-4-8-16-12/h4,7-8,10-11H,1-3,5-6,9,13H2. The molecule has 2 rings (SSSR count). The summed E-state index contributed by atoms with van der Waals surface area (Å²) in [6.07, 6.45) is 5.82. The van der Waals surface area contributed by atoms with E-state index in [1.54, 1.807) is 17.5 Å². The Labute approximate surface area is 107 Å². The fraction of sp³-hybridized carbons (Fsp3) is 0.667. The topological polar surface area (TPSA) is 60.2 Å². The lowest BCUT2D eigenvalue weighted by Gasteiger charge is -2.27. The van der Waals surface area contributed by atoms with Gasteiger partial charge in [0.25, 0.3) is 0 Å². The lowest BCUT2D eigenvalue weighted by Crippen LogP contribution is -2.37. The van der Waals surface area contributed by atoms with Crippen LogP contribution in [-0.4, -0.2) is 20.2 Å². The molecular weight excluding hydrogens is 254 g/mol. The minimum absolute atomic E-state index is 0.0954. The molecule has 1 unspecified atom stereocenters. The summed E-state index contributed by atoms with van der Waals surface area (Å²) >= 11 is 1.27. The summed E-state index contributed by atoms with van der Waals surface area (Å²) < 4.78 is 24.6. The maximum atomic E-state index is 12.1. The van der Waals surface area contributed by atoms with Crippen LogP contribution in [0.5, 0.6) is 0 Å².